The number of hydrogen-bond acceptors (Lipinski definition) is 3. The van der Waals surface area contributed by atoms with Crippen LogP contribution in [-0.4, -0.2) is 40.5 Å². The van der Waals surface area contributed by atoms with Crippen LogP contribution in [0.4, 0.5) is 0 Å². The zero-order valence-electron chi connectivity index (χ0n) is 18.6. The molecule has 0 amide bonds. The molecule has 6 nitrogen and oxygen atoms in total. The number of aliphatic hydroxyl groups excluding tert-OH is 1. The van der Waals surface area contributed by atoms with Gasteiger partial charge in [0.05, 0.1) is 17.9 Å². The van der Waals surface area contributed by atoms with Gasteiger partial charge in [0.15, 0.2) is 5.96 Å². The van der Waals surface area contributed by atoms with Crippen molar-refractivity contribution in [2.24, 2.45) is 10.4 Å². The Balaban J connectivity index is 2.17. The van der Waals surface area contributed by atoms with Crippen molar-refractivity contribution in [2.45, 2.75) is 60.4 Å². The Morgan fingerprint density at radius 2 is 1.79 bits per heavy atom. The van der Waals surface area contributed by atoms with Crippen molar-refractivity contribution >= 4 is 5.96 Å². The largest absolute Gasteiger partial charge is 0.396 e. The van der Waals surface area contributed by atoms with Crippen LogP contribution in [0.2, 0.25) is 0 Å². The molecule has 3 N–H and O–H groups in total. The predicted octanol–water partition coefficient (Wildman–Crippen LogP) is 3.73. The summed E-state index contributed by atoms with van der Waals surface area (Å²) in [5.74, 6) is 0.808. The van der Waals surface area contributed by atoms with Gasteiger partial charge in [0, 0.05) is 31.0 Å². The van der Waals surface area contributed by atoms with Gasteiger partial charge in [-0.05, 0) is 57.6 Å². The van der Waals surface area contributed by atoms with Gasteiger partial charge in [-0.3, -0.25) is 0 Å². The van der Waals surface area contributed by atoms with Gasteiger partial charge in [-0.2, -0.15) is 5.10 Å². The molecule has 1 heterocycles. The maximum atomic E-state index is 9.46. The number of rotatable bonds is 10. The second-order valence-corrected chi connectivity index (χ2v) is 7.63. The molecule has 1 aromatic carbocycles. The first-order chi connectivity index (χ1) is 14.0. The molecule has 0 aliphatic rings. The average molecular weight is 400 g/mol. The Kier molecular flexibility index (Phi) is 8.70. The monoisotopic (exact) mass is 399 g/mol. The smallest absolute Gasteiger partial charge is 0.191 e. The third-order valence-corrected chi connectivity index (χ3v) is 5.95. The van der Waals surface area contributed by atoms with E-state index in [1.165, 1.54) is 0 Å². The van der Waals surface area contributed by atoms with Crippen molar-refractivity contribution in [2.75, 3.05) is 19.7 Å². The van der Waals surface area contributed by atoms with E-state index in [4.69, 9.17) is 10.1 Å². The lowest BCUT2D eigenvalue weighted by atomic mass is 9.79. The van der Waals surface area contributed by atoms with Crippen LogP contribution in [0.3, 0.4) is 0 Å². The van der Waals surface area contributed by atoms with E-state index in [-0.39, 0.29) is 12.0 Å². The SMILES string of the molecule is CCNC(=NCc1c(C)nn(-c2ccccc2)c1C)NCC(CC)(CC)CCO. The lowest BCUT2D eigenvalue weighted by molar-refractivity contribution is 0.169. The first-order valence-electron chi connectivity index (χ1n) is 10.7. The molecule has 0 unspecified atom stereocenters. The Bertz CT molecular complexity index is 778. The quantitative estimate of drug-likeness (QED) is 0.420. The fourth-order valence-electron chi connectivity index (χ4n) is 3.67. The molecule has 0 bridgehead atoms. The Hall–Kier alpha value is -2.34. The third-order valence-electron chi connectivity index (χ3n) is 5.95. The predicted molar refractivity (Wildman–Crippen MR) is 121 cm³/mol. The summed E-state index contributed by atoms with van der Waals surface area (Å²) in [6, 6.07) is 10.2. The van der Waals surface area contributed by atoms with Crippen LogP contribution in [0.15, 0.2) is 35.3 Å². The molecule has 0 saturated carbocycles. The molecule has 0 aliphatic heterocycles. The van der Waals surface area contributed by atoms with E-state index in [1.54, 1.807) is 0 Å². The summed E-state index contributed by atoms with van der Waals surface area (Å²) in [6.07, 6.45) is 2.85. The van der Waals surface area contributed by atoms with E-state index in [9.17, 15) is 5.11 Å². The van der Waals surface area contributed by atoms with Crippen LogP contribution in [0, 0.1) is 19.3 Å². The van der Waals surface area contributed by atoms with E-state index < -0.39 is 0 Å². The Morgan fingerprint density at radius 1 is 1.10 bits per heavy atom. The number of nitrogens with one attached hydrogen (secondary N) is 2. The number of aliphatic imine (C=N–C) groups is 1. The molecule has 2 aromatic rings. The highest BCUT2D eigenvalue weighted by Gasteiger charge is 2.25. The minimum Gasteiger partial charge on any atom is -0.396 e. The zero-order valence-corrected chi connectivity index (χ0v) is 18.6. The number of hydrogen-bond donors (Lipinski definition) is 3. The van der Waals surface area contributed by atoms with Gasteiger partial charge in [-0.15, -0.1) is 0 Å². The maximum Gasteiger partial charge on any atom is 0.191 e. The third kappa shape index (κ3) is 5.82. The van der Waals surface area contributed by atoms with Crippen molar-refractivity contribution in [3.8, 4) is 5.69 Å². The molecule has 0 spiro atoms. The number of guanidine groups is 1. The van der Waals surface area contributed by atoms with Crippen LogP contribution in [0.1, 0.15) is 57.0 Å². The number of nitrogens with zero attached hydrogens (tertiary/aromatic N) is 3. The standard InChI is InChI=1S/C23H37N5O/c1-6-23(7-2,14-15-29)17-26-22(24-8-3)25-16-21-18(4)27-28(19(21)5)20-12-10-9-11-13-20/h9-13,29H,6-8,14-17H2,1-5H3,(H2,24,25,26). The second kappa shape index (κ2) is 11.0. The van der Waals surface area contributed by atoms with E-state index >= 15 is 0 Å². The van der Waals surface area contributed by atoms with Crippen molar-refractivity contribution in [1.29, 1.82) is 0 Å². The molecule has 6 heteroatoms. The van der Waals surface area contributed by atoms with Gasteiger partial charge < -0.3 is 15.7 Å². The topological polar surface area (TPSA) is 74.5 Å². The molecule has 160 valence electrons. The summed E-state index contributed by atoms with van der Waals surface area (Å²) in [7, 11) is 0. The number of benzene rings is 1. The maximum absolute atomic E-state index is 9.46. The average Bonchev–Trinajstić information content (AvgIpc) is 3.03. The number of aryl methyl sites for hydroxylation is 1. The second-order valence-electron chi connectivity index (χ2n) is 7.63. The van der Waals surface area contributed by atoms with Crippen LogP contribution < -0.4 is 10.6 Å². The molecule has 0 atom stereocenters. The van der Waals surface area contributed by atoms with Gasteiger partial charge in [0.25, 0.3) is 0 Å². The molecule has 0 saturated heterocycles. The van der Waals surface area contributed by atoms with Crippen molar-refractivity contribution in [3.05, 3.63) is 47.3 Å². The fourth-order valence-corrected chi connectivity index (χ4v) is 3.67. The molecule has 0 fully saturated rings. The lowest BCUT2D eigenvalue weighted by Crippen LogP contribution is -2.43. The van der Waals surface area contributed by atoms with Gasteiger partial charge in [-0.25, -0.2) is 9.67 Å². The molecular formula is C23H37N5O. The Morgan fingerprint density at radius 3 is 2.38 bits per heavy atom. The number of aromatic nitrogens is 2. The van der Waals surface area contributed by atoms with Crippen molar-refractivity contribution in [3.63, 3.8) is 0 Å². The van der Waals surface area contributed by atoms with E-state index in [0.29, 0.717) is 6.54 Å². The minimum atomic E-state index is 0.0922. The summed E-state index contributed by atoms with van der Waals surface area (Å²) in [5.41, 5.74) is 4.43. The fraction of sp³-hybridized carbons (Fsp3) is 0.565. The van der Waals surface area contributed by atoms with Gasteiger partial charge >= 0.3 is 0 Å². The van der Waals surface area contributed by atoms with E-state index in [1.807, 2.05) is 29.8 Å². The summed E-state index contributed by atoms with van der Waals surface area (Å²) < 4.78 is 1.99. The molecular weight excluding hydrogens is 362 g/mol. The normalized spacial score (nSPS) is 12.3. The molecule has 2 rings (SSSR count). The first-order valence-corrected chi connectivity index (χ1v) is 10.7. The first kappa shape index (κ1) is 22.9. The highest BCUT2D eigenvalue weighted by molar-refractivity contribution is 5.79. The molecule has 29 heavy (non-hydrogen) atoms. The molecule has 0 aliphatic carbocycles. The highest BCUT2D eigenvalue weighted by Crippen LogP contribution is 2.29. The van der Waals surface area contributed by atoms with Crippen LogP contribution in [0.5, 0.6) is 0 Å². The summed E-state index contributed by atoms with van der Waals surface area (Å²) in [5, 5.41) is 21.0. The van der Waals surface area contributed by atoms with Crippen LogP contribution in [-0.2, 0) is 6.54 Å². The van der Waals surface area contributed by atoms with Gasteiger partial charge in [-0.1, -0.05) is 32.0 Å². The Labute approximate surface area is 175 Å². The highest BCUT2D eigenvalue weighted by atomic mass is 16.3. The molecule has 0 radical (unpaired) electrons. The minimum absolute atomic E-state index is 0.0922. The van der Waals surface area contributed by atoms with Crippen LogP contribution >= 0.6 is 0 Å². The van der Waals surface area contributed by atoms with Crippen molar-refractivity contribution < 1.29 is 5.11 Å². The summed E-state index contributed by atoms with van der Waals surface area (Å²) in [4.78, 5) is 4.82. The van der Waals surface area contributed by atoms with Crippen molar-refractivity contribution in [1.82, 2.24) is 20.4 Å². The lowest BCUT2D eigenvalue weighted by Gasteiger charge is -2.32. The number of aliphatic hydroxyl groups is 1. The zero-order chi connectivity index (χ0) is 21.3. The van der Waals surface area contributed by atoms with E-state index in [0.717, 1.165) is 61.0 Å². The number of para-hydroxylation sites is 1. The van der Waals surface area contributed by atoms with E-state index in [2.05, 4.69) is 50.5 Å². The van der Waals surface area contributed by atoms with Crippen LogP contribution in [0.25, 0.3) is 5.69 Å². The van der Waals surface area contributed by atoms with Gasteiger partial charge in [0.1, 0.15) is 0 Å². The van der Waals surface area contributed by atoms with Gasteiger partial charge in [0.2, 0.25) is 0 Å². The summed E-state index contributed by atoms with van der Waals surface area (Å²) in [6.45, 7) is 13.0. The molecule has 1 aromatic heterocycles. The summed E-state index contributed by atoms with van der Waals surface area (Å²) >= 11 is 0.